The van der Waals surface area contributed by atoms with Crippen molar-refractivity contribution in [1.29, 1.82) is 0 Å². The average Bonchev–Trinajstić information content (AvgIpc) is 2.53. The molecule has 2 atom stereocenters. The number of rotatable bonds is 4. The van der Waals surface area contributed by atoms with Crippen molar-refractivity contribution >= 4 is 11.0 Å². The van der Waals surface area contributed by atoms with Gasteiger partial charge in [0.15, 0.2) is 0 Å². The maximum atomic E-state index is 13.4. The number of hydrogen-bond acceptors (Lipinski definition) is 4. The predicted molar refractivity (Wildman–Crippen MR) is 104 cm³/mol. The summed E-state index contributed by atoms with van der Waals surface area (Å²) in [5.74, 6) is 0.585. The fraction of sp³-hybridized carbons (Fsp3) is 0.524. The molecule has 3 rings (SSSR count). The molecule has 26 heavy (non-hydrogen) atoms. The second-order valence-corrected chi connectivity index (χ2v) is 7.97. The number of aliphatic hydroxyl groups is 1. The molecule has 0 saturated carbocycles. The first kappa shape index (κ1) is 18.6. The second kappa shape index (κ2) is 6.88. The molecule has 3 heterocycles. The lowest BCUT2D eigenvalue weighted by molar-refractivity contribution is 0.0348. The molecule has 140 valence electrons. The van der Waals surface area contributed by atoms with E-state index in [2.05, 4.69) is 11.1 Å². The van der Waals surface area contributed by atoms with Gasteiger partial charge in [-0.05, 0) is 53.2 Å². The summed E-state index contributed by atoms with van der Waals surface area (Å²) in [5.41, 5.74) is 1.97. The molecule has 1 aliphatic heterocycles. The fourth-order valence-corrected chi connectivity index (χ4v) is 3.94. The normalized spacial score (nSPS) is 22.2. The van der Waals surface area contributed by atoms with Crippen molar-refractivity contribution < 1.29 is 9.84 Å². The Labute approximate surface area is 154 Å². The molecular formula is C21H28N2O3. The van der Waals surface area contributed by atoms with Crippen LogP contribution in [-0.4, -0.2) is 26.9 Å². The standard InChI is InChI=1S/C21H28N2O3/c1-13(2)11-15-12-21(5,8-10-24)26-18-16-7-6-9-22-19(16)23(14(3)4)20(25)17(15)18/h6-7,9,11,14-15,24H,8,10,12H2,1-5H3. The Balaban J connectivity index is 2.38. The molecule has 0 fully saturated rings. The SMILES string of the molecule is CC(C)=CC1CC(C)(CCO)Oc2c1c(=O)n(C(C)C)c1ncccc21. The van der Waals surface area contributed by atoms with Crippen LogP contribution in [0.3, 0.4) is 0 Å². The zero-order valence-electron chi connectivity index (χ0n) is 16.2. The molecule has 0 spiro atoms. The molecule has 0 radical (unpaired) electrons. The lowest BCUT2D eigenvalue weighted by Gasteiger charge is -2.39. The van der Waals surface area contributed by atoms with Crippen LogP contribution in [0.25, 0.3) is 11.0 Å². The Morgan fingerprint density at radius 2 is 2.23 bits per heavy atom. The van der Waals surface area contributed by atoms with E-state index in [1.165, 1.54) is 0 Å². The van der Waals surface area contributed by atoms with Gasteiger partial charge in [0.2, 0.25) is 0 Å². The maximum absolute atomic E-state index is 13.4. The minimum atomic E-state index is -0.516. The number of fused-ring (bicyclic) bond motifs is 3. The van der Waals surface area contributed by atoms with Gasteiger partial charge in [-0.25, -0.2) is 4.98 Å². The van der Waals surface area contributed by atoms with Crippen LogP contribution in [0, 0.1) is 0 Å². The molecule has 0 bridgehead atoms. The summed E-state index contributed by atoms with van der Waals surface area (Å²) in [6, 6.07) is 3.84. The van der Waals surface area contributed by atoms with Crippen LogP contribution in [-0.2, 0) is 0 Å². The van der Waals surface area contributed by atoms with Crippen LogP contribution < -0.4 is 10.3 Å². The largest absolute Gasteiger partial charge is 0.486 e. The summed E-state index contributed by atoms with van der Waals surface area (Å²) >= 11 is 0. The van der Waals surface area contributed by atoms with Crippen LogP contribution in [0.1, 0.15) is 65.0 Å². The van der Waals surface area contributed by atoms with Crippen LogP contribution in [0.4, 0.5) is 0 Å². The van der Waals surface area contributed by atoms with Crippen molar-refractivity contribution in [3.05, 3.63) is 45.9 Å². The van der Waals surface area contributed by atoms with Gasteiger partial charge in [0.05, 0.1) is 10.9 Å². The Bertz CT molecular complexity index is 909. The van der Waals surface area contributed by atoms with Gasteiger partial charge in [-0.1, -0.05) is 11.6 Å². The number of aromatic nitrogens is 2. The van der Waals surface area contributed by atoms with Crippen molar-refractivity contribution in [3.63, 3.8) is 0 Å². The Hall–Kier alpha value is -2.14. The van der Waals surface area contributed by atoms with Gasteiger partial charge in [-0.3, -0.25) is 9.36 Å². The van der Waals surface area contributed by atoms with Crippen molar-refractivity contribution in [2.75, 3.05) is 6.61 Å². The Morgan fingerprint density at radius 3 is 2.85 bits per heavy atom. The predicted octanol–water partition coefficient (Wildman–Crippen LogP) is 3.95. The van der Waals surface area contributed by atoms with Crippen molar-refractivity contribution in [2.24, 2.45) is 0 Å². The number of hydrogen-bond donors (Lipinski definition) is 1. The summed E-state index contributed by atoms with van der Waals surface area (Å²) < 4.78 is 8.12. The third-order valence-electron chi connectivity index (χ3n) is 5.02. The van der Waals surface area contributed by atoms with E-state index in [9.17, 15) is 9.90 Å². The molecule has 2 aromatic heterocycles. The van der Waals surface area contributed by atoms with Crippen LogP contribution in [0.15, 0.2) is 34.8 Å². The van der Waals surface area contributed by atoms with Gasteiger partial charge in [0, 0.05) is 31.2 Å². The van der Waals surface area contributed by atoms with Crippen molar-refractivity contribution in [2.45, 2.75) is 65.0 Å². The Morgan fingerprint density at radius 1 is 1.50 bits per heavy atom. The van der Waals surface area contributed by atoms with Gasteiger partial charge in [-0.2, -0.15) is 0 Å². The highest BCUT2D eigenvalue weighted by Gasteiger charge is 2.39. The third-order valence-corrected chi connectivity index (χ3v) is 5.02. The van der Waals surface area contributed by atoms with Gasteiger partial charge < -0.3 is 9.84 Å². The van der Waals surface area contributed by atoms with E-state index in [-0.39, 0.29) is 24.1 Å². The smallest absolute Gasteiger partial charge is 0.259 e. The molecule has 1 aliphatic rings. The van der Waals surface area contributed by atoms with Crippen LogP contribution in [0.2, 0.25) is 0 Å². The zero-order valence-corrected chi connectivity index (χ0v) is 16.2. The van der Waals surface area contributed by atoms with E-state index in [1.807, 2.05) is 46.8 Å². The highest BCUT2D eigenvalue weighted by Crippen LogP contribution is 2.45. The number of allylic oxidation sites excluding steroid dienone is 2. The lowest BCUT2D eigenvalue weighted by Crippen LogP contribution is -2.42. The Kier molecular flexibility index (Phi) is 4.93. The van der Waals surface area contributed by atoms with Crippen molar-refractivity contribution in [1.82, 2.24) is 9.55 Å². The van der Waals surface area contributed by atoms with Crippen LogP contribution >= 0.6 is 0 Å². The molecule has 0 aromatic carbocycles. The van der Waals surface area contributed by atoms with Gasteiger partial charge >= 0.3 is 0 Å². The fourth-order valence-electron chi connectivity index (χ4n) is 3.94. The van der Waals surface area contributed by atoms with E-state index >= 15 is 0 Å². The first-order valence-electron chi connectivity index (χ1n) is 9.25. The monoisotopic (exact) mass is 356 g/mol. The van der Waals surface area contributed by atoms with Gasteiger partial charge in [0.25, 0.3) is 5.56 Å². The first-order chi connectivity index (χ1) is 12.3. The van der Waals surface area contributed by atoms with E-state index < -0.39 is 5.60 Å². The average molecular weight is 356 g/mol. The minimum Gasteiger partial charge on any atom is -0.486 e. The van der Waals surface area contributed by atoms with Gasteiger partial charge in [0.1, 0.15) is 17.0 Å². The molecule has 0 saturated heterocycles. The molecule has 5 heteroatoms. The lowest BCUT2D eigenvalue weighted by atomic mass is 9.81. The number of ether oxygens (including phenoxy) is 1. The number of aliphatic hydroxyl groups excluding tert-OH is 1. The summed E-state index contributed by atoms with van der Waals surface area (Å²) in [4.78, 5) is 17.9. The van der Waals surface area contributed by atoms with E-state index in [0.29, 0.717) is 29.8 Å². The van der Waals surface area contributed by atoms with E-state index in [1.54, 1.807) is 10.8 Å². The molecule has 0 aliphatic carbocycles. The molecule has 2 aromatic rings. The van der Waals surface area contributed by atoms with Crippen molar-refractivity contribution in [3.8, 4) is 5.75 Å². The topological polar surface area (TPSA) is 64.3 Å². The van der Waals surface area contributed by atoms with E-state index in [4.69, 9.17) is 4.74 Å². The van der Waals surface area contributed by atoms with E-state index in [0.717, 1.165) is 11.0 Å². The third kappa shape index (κ3) is 3.16. The number of nitrogens with zero attached hydrogens (tertiary/aromatic N) is 2. The first-order valence-corrected chi connectivity index (χ1v) is 9.25. The molecule has 0 amide bonds. The molecule has 1 N–H and O–H groups in total. The molecular weight excluding hydrogens is 328 g/mol. The summed E-state index contributed by atoms with van der Waals surface area (Å²) in [6.07, 6.45) is 5.04. The van der Waals surface area contributed by atoms with Gasteiger partial charge in [-0.15, -0.1) is 0 Å². The molecule has 2 unspecified atom stereocenters. The minimum absolute atomic E-state index is 0.00306. The highest BCUT2D eigenvalue weighted by atomic mass is 16.5. The quantitative estimate of drug-likeness (QED) is 0.843. The molecule has 5 nitrogen and oxygen atoms in total. The maximum Gasteiger partial charge on any atom is 0.259 e. The zero-order chi connectivity index (χ0) is 19.1. The number of pyridine rings is 2. The van der Waals surface area contributed by atoms with Crippen LogP contribution in [0.5, 0.6) is 5.75 Å². The summed E-state index contributed by atoms with van der Waals surface area (Å²) in [6.45, 7) is 10.1. The second-order valence-electron chi connectivity index (χ2n) is 7.97. The highest BCUT2D eigenvalue weighted by molar-refractivity contribution is 5.84. The summed E-state index contributed by atoms with van der Waals surface area (Å²) in [7, 11) is 0. The summed E-state index contributed by atoms with van der Waals surface area (Å²) in [5, 5.41) is 10.4.